The first kappa shape index (κ1) is 15.2. The van der Waals surface area contributed by atoms with Crippen LogP contribution in [0.5, 0.6) is 0 Å². The van der Waals surface area contributed by atoms with Crippen LogP contribution in [0.1, 0.15) is 21.8 Å². The molecule has 0 atom stereocenters. The molecule has 1 amide bonds. The van der Waals surface area contributed by atoms with Crippen molar-refractivity contribution in [3.63, 3.8) is 0 Å². The van der Waals surface area contributed by atoms with Crippen LogP contribution in [0.2, 0.25) is 0 Å². The Morgan fingerprint density at radius 1 is 1.21 bits per heavy atom. The van der Waals surface area contributed by atoms with E-state index in [1.807, 2.05) is 6.07 Å². The molecular formula is C17H13N5O2. The number of nitrogens with one attached hydrogen (secondary N) is 2. The average molecular weight is 319 g/mol. The van der Waals surface area contributed by atoms with Crippen molar-refractivity contribution in [2.75, 3.05) is 10.6 Å². The van der Waals surface area contributed by atoms with Crippen molar-refractivity contribution >= 4 is 23.1 Å². The molecule has 0 saturated carbocycles. The van der Waals surface area contributed by atoms with Gasteiger partial charge in [0.2, 0.25) is 0 Å². The van der Waals surface area contributed by atoms with Crippen LogP contribution in [0.15, 0.2) is 53.2 Å². The molecule has 1 aromatic carbocycles. The minimum absolute atomic E-state index is 0.256. The van der Waals surface area contributed by atoms with E-state index in [9.17, 15) is 4.79 Å². The fourth-order valence-corrected chi connectivity index (χ4v) is 2.04. The average Bonchev–Trinajstić information content (AvgIpc) is 3.00. The maximum atomic E-state index is 12.1. The number of aromatic nitrogens is 2. The standard InChI is InChI=1S/C17H13N5O2/c1-11-7-16(22-24-11)21-17(23)15-6-5-14(10-19-15)20-13-4-2-3-12(8-13)9-18/h2-8,10,20H,1H3,(H,21,22,23). The van der Waals surface area contributed by atoms with Crippen LogP contribution in [0.3, 0.4) is 0 Å². The van der Waals surface area contributed by atoms with Crippen molar-refractivity contribution in [2.45, 2.75) is 6.92 Å². The number of benzene rings is 1. The van der Waals surface area contributed by atoms with Gasteiger partial charge in [-0.1, -0.05) is 11.2 Å². The van der Waals surface area contributed by atoms with E-state index in [-0.39, 0.29) is 11.6 Å². The monoisotopic (exact) mass is 319 g/mol. The van der Waals surface area contributed by atoms with E-state index in [1.165, 1.54) is 0 Å². The van der Waals surface area contributed by atoms with Gasteiger partial charge in [-0.3, -0.25) is 4.79 Å². The van der Waals surface area contributed by atoms with Crippen molar-refractivity contribution < 1.29 is 9.32 Å². The molecule has 7 heteroatoms. The van der Waals surface area contributed by atoms with Crippen molar-refractivity contribution in [1.29, 1.82) is 5.26 Å². The highest BCUT2D eigenvalue weighted by Crippen LogP contribution is 2.17. The number of aryl methyl sites for hydroxylation is 1. The third kappa shape index (κ3) is 3.56. The second kappa shape index (κ2) is 6.62. The van der Waals surface area contributed by atoms with Crippen molar-refractivity contribution in [3.8, 4) is 6.07 Å². The molecule has 0 radical (unpaired) electrons. The smallest absolute Gasteiger partial charge is 0.275 e. The second-order valence-corrected chi connectivity index (χ2v) is 5.03. The highest BCUT2D eigenvalue weighted by molar-refractivity contribution is 6.02. The molecule has 0 saturated heterocycles. The first-order valence-electron chi connectivity index (χ1n) is 7.12. The van der Waals surface area contributed by atoms with Gasteiger partial charge in [-0.15, -0.1) is 0 Å². The lowest BCUT2D eigenvalue weighted by molar-refractivity contribution is 0.102. The molecule has 2 N–H and O–H groups in total. The van der Waals surface area contributed by atoms with E-state index in [2.05, 4.69) is 26.8 Å². The van der Waals surface area contributed by atoms with Gasteiger partial charge in [-0.2, -0.15) is 5.26 Å². The third-order valence-corrected chi connectivity index (χ3v) is 3.15. The predicted octanol–water partition coefficient (Wildman–Crippen LogP) is 3.25. The number of hydrogen-bond donors (Lipinski definition) is 2. The van der Waals surface area contributed by atoms with E-state index in [0.717, 1.165) is 5.69 Å². The van der Waals surface area contributed by atoms with Crippen molar-refractivity contribution in [2.24, 2.45) is 0 Å². The minimum atomic E-state index is -0.374. The van der Waals surface area contributed by atoms with Gasteiger partial charge in [0.1, 0.15) is 11.5 Å². The van der Waals surface area contributed by atoms with E-state index in [1.54, 1.807) is 49.5 Å². The Labute approximate surface area is 137 Å². The summed E-state index contributed by atoms with van der Waals surface area (Å²) in [4.78, 5) is 16.2. The first-order chi connectivity index (χ1) is 11.6. The van der Waals surface area contributed by atoms with Gasteiger partial charge in [-0.05, 0) is 37.3 Å². The third-order valence-electron chi connectivity index (χ3n) is 3.15. The quantitative estimate of drug-likeness (QED) is 0.765. The van der Waals surface area contributed by atoms with Gasteiger partial charge in [0, 0.05) is 11.8 Å². The number of carbonyl (C=O) groups excluding carboxylic acids is 1. The lowest BCUT2D eigenvalue weighted by Crippen LogP contribution is -2.13. The Morgan fingerprint density at radius 3 is 2.75 bits per heavy atom. The summed E-state index contributed by atoms with van der Waals surface area (Å²) in [5.41, 5.74) is 2.30. The fourth-order valence-electron chi connectivity index (χ4n) is 2.04. The van der Waals surface area contributed by atoms with Crippen LogP contribution in [0.25, 0.3) is 0 Å². The minimum Gasteiger partial charge on any atom is -0.360 e. The van der Waals surface area contributed by atoms with Crippen LogP contribution in [-0.4, -0.2) is 16.0 Å². The summed E-state index contributed by atoms with van der Waals surface area (Å²) in [6.07, 6.45) is 1.54. The number of nitriles is 1. The Bertz CT molecular complexity index is 909. The molecule has 7 nitrogen and oxygen atoms in total. The molecule has 0 aliphatic rings. The largest absolute Gasteiger partial charge is 0.360 e. The van der Waals surface area contributed by atoms with Crippen molar-refractivity contribution in [1.82, 2.24) is 10.1 Å². The topological polar surface area (TPSA) is 104 Å². The zero-order valence-corrected chi connectivity index (χ0v) is 12.8. The summed E-state index contributed by atoms with van der Waals surface area (Å²) in [5, 5.41) is 18.3. The fraction of sp³-hybridized carbons (Fsp3) is 0.0588. The molecule has 3 aromatic rings. The number of carbonyl (C=O) groups is 1. The summed E-state index contributed by atoms with van der Waals surface area (Å²) in [5.74, 6) is 0.577. The first-order valence-corrected chi connectivity index (χ1v) is 7.12. The van der Waals surface area contributed by atoms with E-state index < -0.39 is 0 Å². The lowest BCUT2D eigenvalue weighted by Gasteiger charge is -2.07. The number of rotatable bonds is 4. The number of amides is 1. The van der Waals surface area contributed by atoms with Crippen LogP contribution >= 0.6 is 0 Å². The van der Waals surface area contributed by atoms with Crippen LogP contribution in [-0.2, 0) is 0 Å². The summed E-state index contributed by atoms with van der Waals surface area (Å²) in [6, 6.07) is 14.1. The molecule has 0 unspecified atom stereocenters. The highest BCUT2D eigenvalue weighted by atomic mass is 16.5. The van der Waals surface area contributed by atoms with E-state index in [0.29, 0.717) is 22.8 Å². The second-order valence-electron chi connectivity index (χ2n) is 5.03. The molecule has 0 spiro atoms. The summed E-state index contributed by atoms with van der Waals surface area (Å²) in [7, 11) is 0. The molecule has 24 heavy (non-hydrogen) atoms. The molecule has 118 valence electrons. The van der Waals surface area contributed by atoms with E-state index in [4.69, 9.17) is 9.78 Å². The zero-order valence-electron chi connectivity index (χ0n) is 12.8. The molecule has 0 aliphatic heterocycles. The number of hydrogen-bond acceptors (Lipinski definition) is 6. The van der Waals surface area contributed by atoms with Gasteiger partial charge in [0.15, 0.2) is 5.82 Å². The number of anilines is 3. The Morgan fingerprint density at radius 2 is 2.08 bits per heavy atom. The van der Waals surface area contributed by atoms with Crippen LogP contribution in [0, 0.1) is 18.3 Å². The maximum Gasteiger partial charge on any atom is 0.275 e. The SMILES string of the molecule is Cc1cc(NC(=O)c2ccc(Nc3cccc(C#N)c3)cn2)no1. The van der Waals surface area contributed by atoms with E-state index >= 15 is 0 Å². The maximum absolute atomic E-state index is 12.1. The summed E-state index contributed by atoms with van der Waals surface area (Å²) >= 11 is 0. The molecule has 0 bridgehead atoms. The Balaban J connectivity index is 1.68. The molecular weight excluding hydrogens is 306 g/mol. The molecule has 3 rings (SSSR count). The van der Waals surface area contributed by atoms with Gasteiger partial charge < -0.3 is 15.2 Å². The number of nitrogens with zero attached hydrogens (tertiary/aromatic N) is 3. The van der Waals surface area contributed by atoms with Gasteiger partial charge in [0.25, 0.3) is 5.91 Å². The van der Waals surface area contributed by atoms with Crippen LogP contribution in [0.4, 0.5) is 17.2 Å². The Kier molecular flexibility index (Phi) is 4.21. The lowest BCUT2D eigenvalue weighted by atomic mass is 10.2. The van der Waals surface area contributed by atoms with Gasteiger partial charge >= 0.3 is 0 Å². The summed E-state index contributed by atoms with van der Waals surface area (Å²) in [6.45, 7) is 1.74. The molecule has 2 heterocycles. The normalized spacial score (nSPS) is 10.0. The predicted molar refractivity (Wildman–Crippen MR) is 87.9 cm³/mol. The van der Waals surface area contributed by atoms with Crippen molar-refractivity contribution in [3.05, 3.63) is 65.7 Å². The zero-order chi connectivity index (χ0) is 16.9. The molecule has 2 aromatic heterocycles. The highest BCUT2D eigenvalue weighted by Gasteiger charge is 2.10. The van der Waals surface area contributed by atoms with Gasteiger partial charge in [-0.25, -0.2) is 4.98 Å². The number of pyridine rings is 1. The van der Waals surface area contributed by atoms with Crippen LogP contribution < -0.4 is 10.6 Å². The Hall–Kier alpha value is -3.66. The van der Waals surface area contributed by atoms with Gasteiger partial charge in [0.05, 0.1) is 23.5 Å². The molecule has 0 aliphatic carbocycles. The molecule has 0 fully saturated rings. The summed E-state index contributed by atoms with van der Waals surface area (Å²) < 4.78 is 4.89.